The van der Waals surface area contributed by atoms with E-state index in [1.807, 2.05) is 0 Å². The molecule has 8 aromatic heterocycles. The van der Waals surface area contributed by atoms with E-state index in [4.69, 9.17) is 0 Å². The van der Waals surface area contributed by atoms with Crippen LogP contribution in [-0.2, 0) is 29.5 Å². The maximum atomic E-state index is 12.5. The number of anilines is 4. The van der Waals surface area contributed by atoms with E-state index in [9.17, 15) is 95.8 Å². The van der Waals surface area contributed by atoms with E-state index in [1.54, 1.807) is 72.8 Å². The van der Waals surface area contributed by atoms with Crippen LogP contribution in [0.5, 0.6) is 0 Å². The summed E-state index contributed by atoms with van der Waals surface area (Å²) in [6.45, 7) is 3.06. The molecule has 21 nitrogen and oxygen atoms in total. The molecule has 8 heterocycles. The fourth-order valence-corrected chi connectivity index (χ4v) is 8.92. The number of Topliss-reactive ketones (excluding diaryl/α,β-unsaturated/α-hetero) is 1. The van der Waals surface area contributed by atoms with Crippen LogP contribution in [0.2, 0.25) is 0 Å². The van der Waals surface area contributed by atoms with Gasteiger partial charge in [0.25, 0.3) is 23.6 Å². The number of rotatable bonds is 12. The second-order valence-corrected chi connectivity index (χ2v) is 21.4. The molecule has 0 bridgehead atoms. The number of carbonyl (C=O) groups is 9. The Hall–Kier alpha value is -13.5. The molecule has 12 rings (SSSR count). The number of hydrogen-bond acceptors (Lipinski definition) is 17. The van der Waals surface area contributed by atoms with Crippen LogP contribution >= 0.6 is 0 Å². The predicted octanol–water partition coefficient (Wildman–Crippen LogP) is 15.4. The Morgan fingerprint density at radius 1 is 0.288 bits per heavy atom. The van der Waals surface area contributed by atoms with Crippen molar-refractivity contribution in [1.29, 1.82) is 0 Å². The second kappa shape index (κ2) is 33.1. The van der Waals surface area contributed by atoms with Crippen molar-refractivity contribution >= 4 is 121 Å². The Morgan fingerprint density at radius 2 is 0.481 bits per heavy atom. The molecule has 104 heavy (non-hydrogen) atoms. The van der Waals surface area contributed by atoms with Gasteiger partial charge in [0, 0.05) is 46.3 Å². The van der Waals surface area contributed by atoms with Crippen LogP contribution in [0.4, 0.5) is 76.0 Å². The summed E-state index contributed by atoms with van der Waals surface area (Å²) in [5.41, 5.74) is -0.971. The molecule has 528 valence electrons. The highest BCUT2D eigenvalue weighted by molar-refractivity contribution is 6.14. The SMILES string of the molecule is CC(C)=O.O=Cc1ccc2cccc(C(=O)Nc3ccc(C(F)(F)F)cn3)c2n1.O=Cc1ccc2cccc(C(=O)Nc3ccc(C(F)(F)F)cn3)c2n1.O=Cc1ccc2cccc(C(=O)Nc3ccc(C(F)(F)F)cn3)c2n1.O=Cc1ccc2cccc(C(=O)Nc3ccc(C(F)(F)F)cn3)c2n1. The number of aldehydes is 4. The minimum atomic E-state index is -4.50. The Morgan fingerprint density at radius 3 is 0.635 bits per heavy atom. The smallest absolute Gasteiger partial charge is 0.306 e. The van der Waals surface area contributed by atoms with Crippen molar-refractivity contribution < 1.29 is 95.8 Å². The van der Waals surface area contributed by atoms with Crippen LogP contribution in [0.1, 0.15) is 119 Å². The van der Waals surface area contributed by atoms with E-state index in [2.05, 4.69) is 61.1 Å². The lowest BCUT2D eigenvalue weighted by molar-refractivity contribution is -0.138. The van der Waals surface area contributed by atoms with E-state index < -0.39 is 70.6 Å². The zero-order valence-electron chi connectivity index (χ0n) is 53.1. The summed E-state index contributed by atoms with van der Waals surface area (Å²) in [7, 11) is 0. The quantitative estimate of drug-likeness (QED) is 0.0652. The first-order chi connectivity index (χ1) is 49.3. The number of pyridine rings is 8. The third kappa shape index (κ3) is 20.3. The van der Waals surface area contributed by atoms with Gasteiger partial charge < -0.3 is 26.1 Å². The molecule has 0 spiro atoms. The molecule has 12 aromatic rings. The highest BCUT2D eigenvalue weighted by Crippen LogP contribution is 2.33. The fraction of sp³-hybridized carbons (Fsp3) is 0.0845. The van der Waals surface area contributed by atoms with Gasteiger partial charge in [-0.25, -0.2) is 39.9 Å². The molecule has 4 N–H and O–H groups in total. The van der Waals surface area contributed by atoms with Gasteiger partial charge >= 0.3 is 24.7 Å². The monoisotopic (exact) mass is 1440 g/mol. The minimum absolute atomic E-state index is 0.0263. The number of nitrogens with one attached hydrogen (secondary N) is 4. The first kappa shape index (κ1) is 76.3. The molecule has 33 heteroatoms. The number of ketones is 1. The Balaban J connectivity index is 0.000000172. The largest absolute Gasteiger partial charge is 0.417 e. The zero-order chi connectivity index (χ0) is 75.7. The molecule has 0 unspecified atom stereocenters. The summed E-state index contributed by atoms with van der Waals surface area (Å²) in [5.74, 6) is -2.30. The van der Waals surface area contributed by atoms with Crippen molar-refractivity contribution in [3.63, 3.8) is 0 Å². The van der Waals surface area contributed by atoms with E-state index in [0.717, 1.165) is 48.5 Å². The fourth-order valence-electron chi connectivity index (χ4n) is 8.92. The molecular weight excluding hydrogens is 1390 g/mol. The summed E-state index contributed by atoms with van der Waals surface area (Å²) >= 11 is 0. The summed E-state index contributed by atoms with van der Waals surface area (Å²) < 4.78 is 150. The summed E-state index contributed by atoms with van der Waals surface area (Å²) in [6, 6.07) is 39.7. The highest BCUT2D eigenvalue weighted by atomic mass is 19.4. The van der Waals surface area contributed by atoms with E-state index in [0.29, 0.717) is 93.5 Å². The topological polar surface area (TPSA) is 305 Å². The van der Waals surface area contributed by atoms with Gasteiger partial charge in [-0.2, -0.15) is 52.7 Å². The van der Waals surface area contributed by atoms with Gasteiger partial charge in [0.15, 0.2) is 25.1 Å². The first-order valence-corrected chi connectivity index (χ1v) is 29.5. The summed E-state index contributed by atoms with van der Waals surface area (Å²) in [6.07, 6.45) is -13.2. The molecule has 0 fully saturated rings. The van der Waals surface area contributed by atoms with Crippen molar-refractivity contribution in [2.45, 2.75) is 38.6 Å². The van der Waals surface area contributed by atoms with Gasteiger partial charge in [-0.1, -0.05) is 72.8 Å². The molecule has 4 amide bonds. The minimum Gasteiger partial charge on any atom is -0.306 e. The summed E-state index contributed by atoms with van der Waals surface area (Å²) in [4.78, 5) is 133. The number of benzene rings is 4. The predicted molar refractivity (Wildman–Crippen MR) is 354 cm³/mol. The average Bonchev–Trinajstić information content (AvgIpc) is 0.815. The number of para-hydroxylation sites is 4. The lowest BCUT2D eigenvalue weighted by Gasteiger charge is -2.09. The standard InChI is InChI=1S/4C17H10F3N3O2.C3H6O/c4*18-17(19,20)11-5-7-14(21-8-11)23-16(25)13-3-1-2-10-4-6-12(9-24)22-15(10)13;1-3(2)4/h4*1-9H,(H,21,23,25);1-2H3. The lowest BCUT2D eigenvalue weighted by Crippen LogP contribution is -2.14. The van der Waals surface area contributed by atoms with Gasteiger partial charge in [0.05, 0.1) is 66.6 Å². The third-order valence-electron chi connectivity index (χ3n) is 13.8. The van der Waals surface area contributed by atoms with E-state index >= 15 is 0 Å². The van der Waals surface area contributed by atoms with E-state index in [1.165, 1.54) is 62.4 Å². The number of alkyl halides is 12. The molecule has 0 saturated carbocycles. The Labute approximate surface area is 576 Å². The number of halogens is 12. The van der Waals surface area contributed by atoms with Crippen LogP contribution in [-0.4, -0.2) is 94.4 Å². The molecule has 0 aliphatic rings. The van der Waals surface area contributed by atoms with Crippen molar-refractivity contribution in [1.82, 2.24) is 39.9 Å². The normalized spacial score (nSPS) is 11.1. The first-order valence-electron chi connectivity index (χ1n) is 29.5. The van der Waals surface area contributed by atoms with Crippen LogP contribution in [0.25, 0.3) is 43.6 Å². The van der Waals surface area contributed by atoms with Crippen molar-refractivity contribution in [3.8, 4) is 0 Å². The molecule has 0 atom stereocenters. The van der Waals surface area contributed by atoms with E-state index in [-0.39, 0.29) is 74.1 Å². The average molecular weight is 1440 g/mol. The van der Waals surface area contributed by atoms with Gasteiger partial charge in [-0.15, -0.1) is 0 Å². The molecule has 0 saturated heterocycles. The number of hydrogen-bond donors (Lipinski definition) is 4. The van der Waals surface area contributed by atoms with Crippen LogP contribution < -0.4 is 21.3 Å². The van der Waals surface area contributed by atoms with Crippen LogP contribution in [0, 0.1) is 0 Å². The third-order valence-corrected chi connectivity index (χ3v) is 13.8. The zero-order valence-corrected chi connectivity index (χ0v) is 53.1. The number of fused-ring (bicyclic) bond motifs is 4. The maximum Gasteiger partial charge on any atom is 0.417 e. The number of aromatic nitrogens is 8. The van der Waals surface area contributed by atoms with Gasteiger partial charge in [-0.05, 0) is 111 Å². The van der Waals surface area contributed by atoms with Crippen LogP contribution in [0.15, 0.2) is 195 Å². The summed E-state index contributed by atoms with van der Waals surface area (Å²) in [5, 5.41) is 12.3. The molecular formula is C71H46F12N12O9. The van der Waals surface area contributed by atoms with Crippen molar-refractivity contribution in [3.05, 3.63) is 262 Å². The highest BCUT2D eigenvalue weighted by Gasteiger charge is 2.34. The molecule has 0 aliphatic carbocycles. The van der Waals surface area contributed by atoms with Gasteiger partial charge in [-0.3, -0.25) is 38.4 Å². The molecule has 4 aromatic carbocycles. The van der Waals surface area contributed by atoms with Crippen molar-refractivity contribution in [2.24, 2.45) is 0 Å². The second-order valence-electron chi connectivity index (χ2n) is 21.4. The number of nitrogens with zero attached hydrogens (tertiary/aromatic N) is 8. The van der Waals surface area contributed by atoms with Gasteiger partial charge in [0.1, 0.15) is 51.8 Å². The Kier molecular flexibility index (Phi) is 24.3. The maximum absolute atomic E-state index is 12.5. The van der Waals surface area contributed by atoms with Crippen molar-refractivity contribution in [2.75, 3.05) is 21.3 Å². The molecule has 0 aliphatic heterocycles. The molecule has 0 radical (unpaired) electrons. The number of amides is 4. The van der Waals surface area contributed by atoms with Gasteiger partial charge in [0.2, 0.25) is 0 Å². The Bertz CT molecular complexity index is 4560. The number of carbonyl (C=O) groups excluding carboxylic acids is 9. The lowest BCUT2D eigenvalue weighted by atomic mass is 10.1. The van der Waals surface area contributed by atoms with Crippen LogP contribution in [0.3, 0.4) is 0 Å².